The van der Waals surface area contributed by atoms with Gasteiger partial charge < -0.3 is 9.64 Å². The minimum Gasteiger partial charge on any atom is -0.497 e. The molecule has 0 aromatic heterocycles. The van der Waals surface area contributed by atoms with Crippen molar-refractivity contribution < 1.29 is 9.53 Å². The fourth-order valence-corrected chi connectivity index (χ4v) is 3.47. The van der Waals surface area contributed by atoms with E-state index in [9.17, 15) is 4.79 Å². The van der Waals surface area contributed by atoms with Crippen LogP contribution in [0.25, 0.3) is 0 Å². The van der Waals surface area contributed by atoms with Gasteiger partial charge in [-0.05, 0) is 54.8 Å². The van der Waals surface area contributed by atoms with E-state index in [1.54, 1.807) is 13.3 Å². The number of benzene rings is 2. The first-order chi connectivity index (χ1) is 12.7. The number of carbonyl (C=O) groups is 1. The van der Waals surface area contributed by atoms with E-state index in [2.05, 4.69) is 27.6 Å². The van der Waals surface area contributed by atoms with Crippen molar-refractivity contribution in [1.82, 2.24) is 5.43 Å². The summed E-state index contributed by atoms with van der Waals surface area (Å²) < 4.78 is 5.12. The minimum absolute atomic E-state index is 0.129. The Morgan fingerprint density at radius 2 is 1.85 bits per heavy atom. The molecule has 1 heterocycles. The molecule has 0 atom stereocenters. The van der Waals surface area contributed by atoms with Crippen molar-refractivity contribution in [3.8, 4) is 5.75 Å². The molecule has 2 aromatic carbocycles. The maximum Gasteiger partial charge on any atom is 0.250 e. The van der Waals surface area contributed by atoms with E-state index in [0.717, 1.165) is 29.3 Å². The molecule has 1 aliphatic heterocycles. The Morgan fingerprint density at radius 3 is 2.50 bits per heavy atom. The number of methoxy groups -OCH3 is 1. The number of hydrazone groups is 1. The SMILES string of the molecule is COc1ccc(SCC(=O)N/N=C\c2ccc(N3CCCC3)cc2)cc1. The summed E-state index contributed by atoms with van der Waals surface area (Å²) in [6.45, 7) is 2.27. The van der Waals surface area contributed by atoms with Crippen molar-refractivity contribution >= 4 is 29.6 Å². The summed E-state index contributed by atoms with van der Waals surface area (Å²) in [5.41, 5.74) is 4.79. The summed E-state index contributed by atoms with van der Waals surface area (Å²) in [5.74, 6) is 0.993. The van der Waals surface area contributed by atoms with Gasteiger partial charge in [0.15, 0.2) is 0 Å². The van der Waals surface area contributed by atoms with Gasteiger partial charge in [0.25, 0.3) is 0 Å². The zero-order valence-corrected chi connectivity index (χ0v) is 15.7. The molecule has 1 fully saturated rings. The molecule has 1 N–H and O–H groups in total. The molecule has 1 saturated heterocycles. The third kappa shape index (κ3) is 5.26. The Labute approximate surface area is 158 Å². The average Bonchev–Trinajstić information content (AvgIpc) is 3.22. The highest BCUT2D eigenvalue weighted by atomic mass is 32.2. The van der Waals surface area contributed by atoms with Gasteiger partial charge in [0, 0.05) is 23.7 Å². The van der Waals surface area contributed by atoms with Crippen LogP contribution in [0.4, 0.5) is 5.69 Å². The van der Waals surface area contributed by atoms with Crippen LogP contribution >= 0.6 is 11.8 Å². The number of hydrogen-bond acceptors (Lipinski definition) is 5. The standard InChI is InChI=1S/C20H23N3O2S/c1-25-18-8-10-19(11-9-18)26-15-20(24)22-21-14-16-4-6-17(7-5-16)23-12-2-3-13-23/h4-11,14H,2-3,12-13,15H2,1H3,(H,22,24)/b21-14-. The van der Waals surface area contributed by atoms with Gasteiger partial charge in [0.05, 0.1) is 19.1 Å². The molecule has 2 aromatic rings. The van der Waals surface area contributed by atoms with Crippen LogP contribution < -0.4 is 15.1 Å². The molecule has 1 amide bonds. The second-order valence-corrected chi connectivity index (χ2v) is 7.09. The van der Waals surface area contributed by atoms with E-state index in [-0.39, 0.29) is 5.91 Å². The predicted molar refractivity (Wildman–Crippen MR) is 107 cm³/mol. The summed E-state index contributed by atoms with van der Waals surface area (Å²) in [6.07, 6.45) is 4.21. The summed E-state index contributed by atoms with van der Waals surface area (Å²) in [6, 6.07) is 15.9. The monoisotopic (exact) mass is 369 g/mol. The van der Waals surface area contributed by atoms with Crippen LogP contribution in [-0.2, 0) is 4.79 Å². The van der Waals surface area contributed by atoms with Crippen LogP contribution in [0.1, 0.15) is 18.4 Å². The number of thioether (sulfide) groups is 1. The van der Waals surface area contributed by atoms with Crippen molar-refractivity contribution in [3.63, 3.8) is 0 Å². The highest BCUT2D eigenvalue weighted by Crippen LogP contribution is 2.21. The molecule has 26 heavy (non-hydrogen) atoms. The second kappa shape index (κ2) is 9.29. The average molecular weight is 369 g/mol. The maximum atomic E-state index is 11.9. The van der Waals surface area contributed by atoms with Crippen molar-refractivity contribution in [2.24, 2.45) is 5.10 Å². The number of hydrogen-bond donors (Lipinski definition) is 1. The summed E-state index contributed by atoms with van der Waals surface area (Å²) in [4.78, 5) is 15.3. The van der Waals surface area contributed by atoms with Crippen LogP contribution in [0.3, 0.4) is 0 Å². The second-order valence-electron chi connectivity index (χ2n) is 6.04. The zero-order chi connectivity index (χ0) is 18.2. The van der Waals surface area contributed by atoms with Gasteiger partial charge in [-0.15, -0.1) is 11.8 Å². The Morgan fingerprint density at radius 1 is 1.15 bits per heavy atom. The van der Waals surface area contributed by atoms with Gasteiger partial charge in [0.1, 0.15) is 5.75 Å². The van der Waals surface area contributed by atoms with Crippen molar-refractivity contribution in [1.29, 1.82) is 0 Å². The number of nitrogens with one attached hydrogen (secondary N) is 1. The van der Waals surface area contributed by atoms with E-state index in [0.29, 0.717) is 5.75 Å². The number of amides is 1. The topological polar surface area (TPSA) is 53.9 Å². The fourth-order valence-electron chi connectivity index (χ4n) is 2.78. The smallest absolute Gasteiger partial charge is 0.250 e. The van der Waals surface area contributed by atoms with Crippen molar-refractivity contribution in [2.75, 3.05) is 30.9 Å². The van der Waals surface area contributed by atoms with E-state index < -0.39 is 0 Å². The molecule has 0 unspecified atom stereocenters. The zero-order valence-electron chi connectivity index (χ0n) is 14.9. The molecule has 0 aliphatic carbocycles. The number of anilines is 1. The van der Waals surface area contributed by atoms with Gasteiger partial charge in [0.2, 0.25) is 5.91 Å². The molecule has 6 heteroatoms. The molecule has 5 nitrogen and oxygen atoms in total. The number of rotatable bonds is 7. The Bertz CT molecular complexity index is 739. The Kier molecular flexibility index (Phi) is 6.55. The molecule has 3 rings (SSSR count). The van der Waals surface area contributed by atoms with E-state index >= 15 is 0 Å². The molecule has 1 aliphatic rings. The van der Waals surface area contributed by atoms with E-state index in [1.165, 1.54) is 30.3 Å². The first-order valence-corrected chi connectivity index (χ1v) is 9.67. The van der Waals surface area contributed by atoms with Crippen molar-refractivity contribution in [2.45, 2.75) is 17.7 Å². The van der Waals surface area contributed by atoms with Crippen LogP contribution in [0.2, 0.25) is 0 Å². The van der Waals surface area contributed by atoms with Crippen LogP contribution in [0.15, 0.2) is 58.5 Å². The Balaban J connectivity index is 1.43. The van der Waals surface area contributed by atoms with E-state index in [4.69, 9.17) is 4.74 Å². The molecule has 0 bridgehead atoms. The minimum atomic E-state index is -0.129. The molecule has 0 radical (unpaired) electrons. The lowest BCUT2D eigenvalue weighted by molar-refractivity contribution is -0.118. The molecule has 0 saturated carbocycles. The van der Waals surface area contributed by atoms with Gasteiger partial charge in [-0.3, -0.25) is 4.79 Å². The highest BCUT2D eigenvalue weighted by molar-refractivity contribution is 8.00. The molecule has 0 spiro atoms. The molecule has 136 valence electrons. The van der Waals surface area contributed by atoms with Gasteiger partial charge in [-0.1, -0.05) is 12.1 Å². The van der Waals surface area contributed by atoms with Gasteiger partial charge >= 0.3 is 0 Å². The van der Waals surface area contributed by atoms with E-state index in [1.807, 2.05) is 36.4 Å². The number of carbonyl (C=O) groups excluding carboxylic acids is 1. The largest absolute Gasteiger partial charge is 0.497 e. The van der Waals surface area contributed by atoms with Crippen molar-refractivity contribution in [3.05, 3.63) is 54.1 Å². The lowest BCUT2D eigenvalue weighted by atomic mass is 10.2. The first kappa shape index (κ1) is 18.3. The fraction of sp³-hybridized carbons (Fsp3) is 0.300. The highest BCUT2D eigenvalue weighted by Gasteiger charge is 2.11. The lowest BCUT2D eigenvalue weighted by Gasteiger charge is -2.17. The summed E-state index contributed by atoms with van der Waals surface area (Å²) >= 11 is 1.46. The third-order valence-electron chi connectivity index (χ3n) is 4.20. The van der Waals surface area contributed by atoms with Gasteiger partial charge in [-0.2, -0.15) is 5.10 Å². The quantitative estimate of drug-likeness (QED) is 0.461. The molecular weight excluding hydrogens is 346 g/mol. The predicted octanol–water partition coefficient (Wildman–Crippen LogP) is 3.54. The number of nitrogens with zero attached hydrogens (tertiary/aromatic N) is 2. The third-order valence-corrected chi connectivity index (χ3v) is 5.21. The summed E-state index contributed by atoms with van der Waals surface area (Å²) in [5, 5.41) is 4.04. The number of ether oxygens (including phenoxy) is 1. The first-order valence-electron chi connectivity index (χ1n) is 8.68. The van der Waals surface area contributed by atoms with Crippen LogP contribution in [-0.4, -0.2) is 38.1 Å². The Hall–Kier alpha value is -2.47. The maximum absolute atomic E-state index is 11.9. The lowest BCUT2D eigenvalue weighted by Crippen LogP contribution is -2.19. The van der Waals surface area contributed by atoms with Gasteiger partial charge in [-0.25, -0.2) is 5.43 Å². The molecular formula is C20H23N3O2S. The van der Waals surface area contributed by atoms with Crippen LogP contribution in [0, 0.1) is 0 Å². The summed E-state index contributed by atoms with van der Waals surface area (Å²) in [7, 11) is 1.63. The van der Waals surface area contributed by atoms with Crippen LogP contribution in [0.5, 0.6) is 5.75 Å². The normalized spacial score (nSPS) is 14.0.